The van der Waals surface area contributed by atoms with Crippen molar-refractivity contribution in [3.8, 4) is 0 Å². The summed E-state index contributed by atoms with van der Waals surface area (Å²) in [4.78, 5) is 0.310. The van der Waals surface area contributed by atoms with Gasteiger partial charge in [-0.3, -0.25) is 0 Å². The van der Waals surface area contributed by atoms with E-state index in [0.717, 1.165) is 12.0 Å². The smallest absolute Gasteiger partial charge is 0.240 e. The van der Waals surface area contributed by atoms with Crippen molar-refractivity contribution in [1.29, 1.82) is 0 Å². The summed E-state index contributed by atoms with van der Waals surface area (Å²) in [5.74, 6) is 0.820. The Bertz CT molecular complexity index is 531. The van der Waals surface area contributed by atoms with Crippen molar-refractivity contribution in [3.63, 3.8) is 0 Å². The van der Waals surface area contributed by atoms with E-state index in [1.807, 2.05) is 12.1 Å². The monoisotopic (exact) mass is 297 g/mol. The molecule has 0 heterocycles. The van der Waals surface area contributed by atoms with E-state index in [4.69, 9.17) is 0 Å². The Morgan fingerprint density at radius 1 is 1.25 bits per heavy atom. The first-order valence-electron chi connectivity index (χ1n) is 7.13. The third kappa shape index (κ3) is 4.04. The third-order valence-corrected chi connectivity index (χ3v) is 5.09. The van der Waals surface area contributed by atoms with Crippen molar-refractivity contribution >= 4 is 10.0 Å². The summed E-state index contributed by atoms with van der Waals surface area (Å²) in [6.45, 7) is 4.69. The molecule has 0 amide bonds. The maximum absolute atomic E-state index is 12.1. The molecule has 0 unspecified atom stereocenters. The van der Waals surface area contributed by atoms with Crippen molar-refractivity contribution in [2.75, 3.05) is 6.54 Å². The van der Waals surface area contributed by atoms with Crippen molar-refractivity contribution in [2.24, 2.45) is 11.8 Å². The van der Waals surface area contributed by atoms with Crippen molar-refractivity contribution < 1.29 is 13.5 Å². The van der Waals surface area contributed by atoms with Gasteiger partial charge < -0.3 is 5.11 Å². The Balaban J connectivity index is 1.94. The van der Waals surface area contributed by atoms with Crippen LogP contribution in [0.15, 0.2) is 29.2 Å². The predicted octanol–water partition coefficient (Wildman–Crippen LogP) is 1.93. The minimum absolute atomic E-state index is 0.250. The van der Waals surface area contributed by atoms with Crippen molar-refractivity contribution in [3.05, 3.63) is 29.8 Å². The molecular formula is C15H23NO3S. The molecule has 4 nitrogen and oxygen atoms in total. The quantitative estimate of drug-likeness (QED) is 0.843. The number of aliphatic hydroxyl groups is 1. The van der Waals surface area contributed by atoms with Gasteiger partial charge in [0.25, 0.3) is 0 Å². The Morgan fingerprint density at radius 3 is 2.35 bits per heavy atom. The lowest BCUT2D eigenvalue weighted by molar-refractivity contribution is 0.0453. The van der Waals surface area contributed by atoms with Gasteiger partial charge in [-0.15, -0.1) is 0 Å². The number of sulfonamides is 1. The normalized spacial score (nSPS) is 22.8. The molecule has 1 saturated carbocycles. The molecule has 20 heavy (non-hydrogen) atoms. The Labute approximate surface area is 121 Å². The standard InChI is InChI=1S/C15H23NO3S/c1-11(2)7-12-3-5-15(6-4-12)20(18,19)16-10-13-8-14(17)9-13/h3-6,11,13-14,16-17H,7-10H2,1-2H3. The molecule has 1 aromatic carbocycles. The summed E-state index contributed by atoms with van der Waals surface area (Å²) < 4.78 is 26.9. The van der Waals surface area contributed by atoms with Gasteiger partial charge in [-0.05, 0) is 48.8 Å². The first-order valence-corrected chi connectivity index (χ1v) is 8.62. The molecule has 112 valence electrons. The first-order chi connectivity index (χ1) is 9.37. The Morgan fingerprint density at radius 2 is 1.85 bits per heavy atom. The molecule has 1 aliphatic carbocycles. The highest BCUT2D eigenvalue weighted by Crippen LogP contribution is 2.26. The second-order valence-corrected chi connectivity index (χ2v) is 7.85. The van der Waals surface area contributed by atoms with Gasteiger partial charge in [0, 0.05) is 6.54 Å². The fourth-order valence-electron chi connectivity index (χ4n) is 2.45. The van der Waals surface area contributed by atoms with Crippen LogP contribution in [0.25, 0.3) is 0 Å². The maximum atomic E-state index is 12.1. The second kappa shape index (κ2) is 6.24. The number of rotatable bonds is 6. The van der Waals surface area contributed by atoms with Gasteiger partial charge in [0.15, 0.2) is 0 Å². The molecule has 0 atom stereocenters. The number of hydrogen-bond donors (Lipinski definition) is 2. The van der Waals surface area contributed by atoms with E-state index in [0.29, 0.717) is 30.2 Å². The summed E-state index contributed by atoms with van der Waals surface area (Å²) >= 11 is 0. The van der Waals surface area contributed by atoms with Gasteiger partial charge in [-0.25, -0.2) is 13.1 Å². The molecule has 5 heteroatoms. The fourth-order valence-corrected chi connectivity index (χ4v) is 3.57. The largest absolute Gasteiger partial charge is 0.393 e. The maximum Gasteiger partial charge on any atom is 0.240 e. The zero-order valence-corrected chi connectivity index (χ0v) is 12.9. The van der Waals surface area contributed by atoms with Gasteiger partial charge in [0.05, 0.1) is 11.0 Å². The van der Waals surface area contributed by atoms with Crippen LogP contribution >= 0.6 is 0 Å². The lowest BCUT2D eigenvalue weighted by atomic mass is 9.83. The van der Waals surface area contributed by atoms with E-state index >= 15 is 0 Å². The van der Waals surface area contributed by atoms with Gasteiger partial charge in [0.2, 0.25) is 10.0 Å². The minimum Gasteiger partial charge on any atom is -0.393 e. The Hall–Kier alpha value is -0.910. The van der Waals surface area contributed by atoms with Gasteiger partial charge in [-0.2, -0.15) is 0 Å². The van der Waals surface area contributed by atoms with Crippen LogP contribution < -0.4 is 4.72 Å². The molecule has 2 N–H and O–H groups in total. The van der Waals surface area contributed by atoms with E-state index < -0.39 is 10.0 Å². The molecule has 1 aliphatic rings. The lowest BCUT2D eigenvalue weighted by Crippen LogP contribution is -2.38. The van der Waals surface area contributed by atoms with Crippen LogP contribution in [0.2, 0.25) is 0 Å². The van der Waals surface area contributed by atoms with Gasteiger partial charge in [0.1, 0.15) is 0 Å². The van der Waals surface area contributed by atoms with Crippen molar-refractivity contribution in [2.45, 2.75) is 44.1 Å². The van der Waals surface area contributed by atoms with Crippen LogP contribution in [0, 0.1) is 11.8 Å². The number of nitrogens with one attached hydrogen (secondary N) is 1. The predicted molar refractivity (Wildman–Crippen MR) is 78.9 cm³/mol. The lowest BCUT2D eigenvalue weighted by Gasteiger charge is -2.31. The summed E-state index contributed by atoms with van der Waals surface area (Å²) in [5, 5.41) is 9.19. The van der Waals surface area contributed by atoms with Crippen LogP contribution in [0.4, 0.5) is 0 Å². The molecule has 0 bridgehead atoms. The molecule has 0 saturated heterocycles. The number of benzene rings is 1. The molecule has 0 radical (unpaired) electrons. The average Bonchev–Trinajstić information content (AvgIpc) is 2.33. The highest BCUT2D eigenvalue weighted by Gasteiger charge is 2.28. The summed E-state index contributed by atoms with van der Waals surface area (Å²) in [5.41, 5.74) is 1.15. The van der Waals surface area contributed by atoms with E-state index in [-0.39, 0.29) is 12.0 Å². The highest BCUT2D eigenvalue weighted by molar-refractivity contribution is 7.89. The second-order valence-electron chi connectivity index (χ2n) is 6.09. The van der Waals surface area contributed by atoms with Crippen LogP contribution in [-0.2, 0) is 16.4 Å². The van der Waals surface area contributed by atoms with Gasteiger partial charge in [-0.1, -0.05) is 26.0 Å². The van der Waals surface area contributed by atoms with E-state index in [1.165, 1.54) is 0 Å². The Kier molecular flexibility index (Phi) is 4.83. The van der Waals surface area contributed by atoms with Crippen LogP contribution in [0.1, 0.15) is 32.3 Å². The number of hydrogen-bond acceptors (Lipinski definition) is 3. The van der Waals surface area contributed by atoms with Gasteiger partial charge >= 0.3 is 0 Å². The molecular weight excluding hydrogens is 274 g/mol. The minimum atomic E-state index is -3.43. The summed E-state index contributed by atoms with van der Waals surface area (Å²) in [6.07, 6.45) is 2.08. The average molecular weight is 297 g/mol. The highest BCUT2D eigenvalue weighted by atomic mass is 32.2. The van der Waals surface area contributed by atoms with Crippen molar-refractivity contribution in [1.82, 2.24) is 4.72 Å². The topological polar surface area (TPSA) is 66.4 Å². The fraction of sp³-hybridized carbons (Fsp3) is 0.600. The molecule has 0 aromatic heterocycles. The molecule has 1 fully saturated rings. The van der Waals surface area contributed by atoms with Crippen LogP contribution in [0.3, 0.4) is 0 Å². The first kappa shape index (κ1) is 15.5. The number of aliphatic hydroxyl groups excluding tert-OH is 1. The van der Waals surface area contributed by atoms with Crippen LogP contribution in [0.5, 0.6) is 0 Å². The molecule has 2 rings (SSSR count). The van der Waals surface area contributed by atoms with E-state index in [2.05, 4.69) is 18.6 Å². The SMILES string of the molecule is CC(C)Cc1ccc(S(=O)(=O)NCC2CC(O)C2)cc1. The van der Waals surface area contributed by atoms with E-state index in [9.17, 15) is 13.5 Å². The third-order valence-electron chi connectivity index (χ3n) is 3.65. The van der Waals surface area contributed by atoms with Crippen LogP contribution in [-0.4, -0.2) is 26.2 Å². The summed E-state index contributed by atoms with van der Waals surface area (Å²) in [6, 6.07) is 7.08. The molecule has 1 aromatic rings. The zero-order valence-electron chi connectivity index (χ0n) is 12.0. The molecule has 0 aliphatic heterocycles. The zero-order chi connectivity index (χ0) is 14.8. The molecule has 0 spiro atoms. The summed E-state index contributed by atoms with van der Waals surface area (Å²) in [7, 11) is -3.43. The van der Waals surface area contributed by atoms with E-state index in [1.54, 1.807) is 12.1 Å².